The van der Waals surface area contributed by atoms with E-state index in [-0.39, 0.29) is 11.2 Å². The topological polar surface area (TPSA) is 54.4 Å². The maximum Gasteiger partial charge on any atom is 0.150 e. The lowest BCUT2D eigenvalue weighted by molar-refractivity contribution is -0.0118. The summed E-state index contributed by atoms with van der Waals surface area (Å²) in [4.78, 5) is 0. The van der Waals surface area contributed by atoms with Crippen molar-refractivity contribution in [2.75, 3.05) is 12.0 Å². The molecule has 17 heavy (non-hydrogen) atoms. The molecule has 1 aliphatic carbocycles. The van der Waals surface area contributed by atoms with E-state index < -0.39 is 15.4 Å². The van der Waals surface area contributed by atoms with Gasteiger partial charge in [0.15, 0.2) is 0 Å². The number of hydrogen-bond donors (Lipinski definition) is 1. The van der Waals surface area contributed by atoms with Gasteiger partial charge in [-0.05, 0) is 31.6 Å². The third-order valence-corrected chi connectivity index (χ3v) is 7.29. The lowest BCUT2D eigenvalue weighted by Gasteiger charge is -2.37. The summed E-state index contributed by atoms with van der Waals surface area (Å²) in [5.41, 5.74) is -0.618. The third kappa shape index (κ3) is 2.99. The minimum atomic E-state index is -2.95. The second-order valence-corrected chi connectivity index (χ2v) is 9.50. The second-order valence-electron chi connectivity index (χ2n) is 5.74. The normalized spacial score (nSPS) is 43.8. The Morgan fingerprint density at radius 2 is 2.06 bits per heavy atom. The van der Waals surface area contributed by atoms with Gasteiger partial charge < -0.3 is 5.11 Å². The molecule has 0 spiro atoms. The highest BCUT2D eigenvalue weighted by Crippen LogP contribution is 2.45. The molecule has 3 nitrogen and oxygen atoms in total. The van der Waals surface area contributed by atoms with E-state index in [1.807, 2.05) is 11.8 Å². The van der Waals surface area contributed by atoms with Gasteiger partial charge in [-0.3, -0.25) is 0 Å². The van der Waals surface area contributed by atoms with Gasteiger partial charge in [-0.1, -0.05) is 13.3 Å². The standard InChI is InChI=1S/C12H22O3S2/c1-9-7-12(13,8-16-9)10-4-3-5-11(6-10)17(2,14)15/h9-11,13H,3-8H2,1-2H3. The van der Waals surface area contributed by atoms with Gasteiger partial charge in [0.1, 0.15) is 9.84 Å². The van der Waals surface area contributed by atoms with Crippen LogP contribution in [0.25, 0.3) is 0 Å². The molecule has 1 aliphatic heterocycles. The number of thioether (sulfide) groups is 1. The summed E-state index contributed by atoms with van der Waals surface area (Å²) in [5.74, 6) is 0.948. The molecule has 4 unspecified atom stereocenters. The highest BCUT2D eigenvalue weighted by atomic mass is 32.2. The van der Waals surface area contributed by atoms with Crippen molar-refractivity contribution in [2.45, 2.75) is 55.1 Å². The van der Waals surface area contributed by atoms with Crippen LogP contribution in [-0.2, 0) is 9.84 Å². The van der Waals surface area contributed by atoms with Crippen molar-refractivity contribution in [2.24, 2.45) is 5.92 Å². The molecule has 0 aromatic carbocycles. The Balaban J connectivity index is 2.07. The van der Waals surface area contributed by atoms with Crippen molar-refractivity contribution in [3.63, 3.8) is 0 Å². The van der Waals surface area contributed by atoms with E-state index in [1.165, 1.54) is 6.26 Å². The van der Waals surface area contributed by atoms with Gasteiger partial charge >= 0.3 is 0 Å². The highest BCUT2D eigenvalue weighted by molar-refractivity contribution is 8.00. The Kier molecular flexibility index (Phi) is 3.82. The first-order valence-electron chi connectivity index (χ1n) is 6.34. The molecule has 2 rings (SSSR count). The summed E-state index contributed by atoms with van der Waals surface area (Å²) < 4.78 is 23.3. The third-order valence-electron chi connectivity index (χ3n) is 4.25. The summed E-state index contributed by atoms with van der Waals surface area (Å²) in [5, 5.41) is 10.9. The van der Waals surface area contributed by atoms with Crippen LogP contribution in [0.4, 0.5) is 0 Å². The van der Waals surface area contributed by atoms with Gasteiger partial charge in [-0.2, -0.15) is 11.8 Å². The van der Waals surface area contributed by atoms with Crippen molar-refractivity contribution >= 4 is 21.6 Å². The zero-order chi connectivity index (χ0) is 12.7. The Bertz CT molecular complexity index is 379. The van der Waals surface area contributed by atoms with Gasteiger partial charge in [0, 0.05) is 17.3 Å². The lowest BCUT2D eigenvalue weighted by atomic mass is 9.76. The van der Waals surface area contributed by atoms with Crippen molar-refractivity contribution in [3.05, 3.63) is 0 Å². The number of aliphatic hydroxyl groups is 1. The largest absolute Gasteiger partial charge is 0.389 e. The van der Waals surface area contributed by atoms with Gasteiger partial charge in [-0.25, -0.2) is 8.42 Å². The van der Waals surface area contributed by atoms with Crippen molar-refractivity contribution in [1.29, 1.82) is 0 Å². The van der Waals surface area contributed by atoms with Crippen LogP contribution in [0.3, 0.4) is 0 Å². The summed E-state index contributed by atoms with van der Waals surface area (Å²) >= 11 is 1.81. The number of hydrogen-bond acceptors (Lipinski definition) is 4. The van der Waals surface area contributed by atoms with Crippen LogP contribution in [0.15, 0.2) is 0 Å². The Morgan fingerprint density at radius 1 is 1.35 bits per heavy atom. The molecule has 5 heteroatoms. The van der Waals surface area contributed by atoms with Crippen molar-refractivity contribution in [3.8, 4) is 0 Å². The molecule has 0 aromatic heterocycles. The van der Waals surface area contributed by atoms with Gasteiger partial charge in [0.05, 0.1) is 10.9 Å². The van der Waals surface area contributed by atoms with Crippen LogP contribution in [0.2, 0.25) is 0 Å². The fourth-order valence-corrected chi connectivity index (χ4v) is 5.72. The first-order chi connectivity index (χ1) is 7.81. The maximum atomic E-state index is 11.6. The SMILES string of the molecule is CC1CC(O)(C2CCCC(S(C)(=O)=O)C2)CS1. The summed E-state index contributed by atoms with van der Waals surface area (Å²) in [6.45, 7) is 2.14. The molecule has 1 saturated heterocycles. The molecule has 1 saturated carbocycles. The summed E-state index contributed by atoms with van der Waals surface area (Å²) in [6, 6.07) is 0. The van der Waals surface area contributed by atoms with Crippen LogP contribution in [-0.4, -0.2) is 41.6 Å². The quantitative estimate of drug-likeness (QED) is 0.837. The molecule has 0 bridgehead atoms. The van der Waals surface area contributed by atoms with Crippen molar-refractivity contribution in [1.82, 2.24) is 0 Å². The zero-order valence-corrected chi connectivity index (χ0v) is 12.2. The molecule has 100 valence electrons. The minimum Gasteiger partial charge on any atom is -0.389 e. The number of sulfone groups is 1. The molecule has 2 fully saturated rings. The predicted molar refractivity (Wildman–Crippen MR) is 72.1 cm³/mol. The lowest BCUT2D eigenvalue weighted by Crippen LogP contribution is -2.43. The Labute approximate surface area is 108 Å². The highest BCUT2D eigenvalue weighted by Gasteiger charge is 2.45. The molecular formula is C12H22O3S2. The van der Waals surface area contributed by atoms with Crippen LogP contribution < -0.4 is 0 Å². The van der Waals surface area contributed by atoms with Crippen LogP contribution in [0.5, 0.6) is 0 Å². The number of rotatable bonds is 2. The maximum absolute atomic E-state index is 11.6. The van der Waals surface area contributed by atoms with Gasteiger partial charge in [0.25, 0.3) is 0 Å². The average molecular weight is 278 g/mol. The van der Waals surface area contributed by atoms with Crippen LogP contribution in [0.1, 0.15) is 39.0 Å². The van der Waals surface area contributed by atoms with Gasteiger partial charge in [0.2, 0.25) is 0 Å². The Morgan fingerprint density at radius 3 is 2.59 bits per heavy atom. The molecule has 2 aliphatic rings. The average Bonchev–Trinajstić information content (AvgIpc) is 2.59. The van der Waals surface area contributed by atoms with Crippen LogP contribution >= 0.6 is 11.8 Å². The summed E-state index contributed by atoms with van der Waals surface area (Å²) in [7, 11) is -2.95. The molecular weight excluding hydrogens is 256 g/mol. The Hall–Kier alpha value is 0.260. The molecule has 0 amide bonds. The molecule has 1 N–H and O–H groups in total. The smallest absolute Gasteiger partial charge is 0.150 e. The molecule has 1 heterocycles. The van der Waals surface area contributed by atoms with E-state index in [2.05, 4.69) is 6.92 Å². The summed E-state index contributed by atoms with van der Waals surface area (Å²) in [6.07, 6.45) is 5.49. The van der Waals surface area contributed by atoms with E-state index in [0.717, 1.165) is 31.4 Å². The molecule has 0 radical (unpaired) electrons. The fraction of sp³-hybridized carbons (Fsp3) is 1.00. The van der Waals surface area contributed by atoms with E-state index in [9.17, 15) is 13.5 Å². The first-order valence-corrected chi connectivity index (χ1v) is 9.34. The minimum absolute atomic E-state index is 0.174. The predicted octanol–water partition coefficient (Wildman–Crippen LogP) is 1.85. The fourth-order valence-electron chi connectivity index (χ4n) is 3.21. The van der Waals surface area contributed by atoms with E-state index in [4.69, 9.17) is 0 Å². The van der Waals surface area contributed by atoms with E-state index >= 15 is 0 Å². The van der Waals surface area contributed by atoms with Crippen LogP contribution in [0, 0.1) is 5.92 Å². The molecule has 0 aromatic rings. The van der Waals surface area contributed by atoms with E-state index in [0.29, 0.717) is 11.7 Å². The van der Waals surface area contributed by atoms with Gasteiger partial charge in [-0.15, -0.1) is 0 Å². The monoisotopic (exact) mass is 278 g/mol. The first kappa shape index (κ1) is 13.7. The zero-order valence-electron chi connectivity index (χ0n) is 10.6. The van der Waals surface area contributed by atoms with Crippen molar-refractivity contribution < 1.29 is 13.5 Å². The second kappa shape index (κ2) is 4.74. The molecule has 4 atom stereocenters. The van der Waals surface area contributed by atoms with E-state index in [1.54, 1.807) is 0 Å².